The maximum Gasteiger partial charge on any atom is 0.356 e. The van der Waals surface area contributed by atoms with Crippen molar-refractivity contribution in [2.24, 2.45) is 0 Å². The van der Waals surface area contributed by atoms with Crippen molar-refractivity contribution < 1.29 is 9.90 Å². The maximum absolute atomic E-state index is 11.5. The minimum Gasteiger partial charge on any atom is -0.476 e. The number of benzene rings is 1. The zero-order valence-corrected chi connectivity index (χ0v) is 12.4. The highest BCUT2D eigenvalue weighted by Gasteiger charge is 2.21. The predicted molar refractivity (Wildman–Crippen MR) is 86.4 cm³/mol. The number of fused-ring (bicyclic) bond motifs is 1. The summed E-state index contributed by atoms with van der Waals surface area (Å²) in [4.78, 5) is 17.9. The topological polar surface area (TPSA) is 79.5 Å². The van der Waals surface area contributed by atoms with Crippen molar-refractivity contribution in [2.45, 2.75) is 19.3 Å². The molecule has 0 amide bonds. The summed E-state index contributed by atoms with van der Waals surface area (Å²) >= 11 is 0. The molecular weight excluding hydrogens is 290 g/mol. The third-order valence-electron chi connectivity index (χ3n) is 3.76. The van der Waals surface area contributed by atoms with Crippen molar-refractivity contribution in [2.75, 3.05) is 23.7 Å². The molecule has 1 fully saturated rings. The van der Waals surface area contributed by atoms with Gasteiger partial charge in [0.2, 0.25) is 0 Å². The number of halogens is 1. The molecule has 3 rings (SSSR count). The molecule has 0 bridgehead atoms. The zero-order valence-electron chi connectivity index (χ0n) is 11.6. The Bertz CT molecular complexity index is 669. The van der Waals surface area contributed by atoms with E-state index in [1.54, 1.807) is 6.07 Å². The largest absolute Gasteiger partial charge is 0.476 e. The van der Waals surface area contributed by atoms with Gasteiger partial charge >= 0.3 is 5.97 Å². The molecule has 0 spiro atoms. The average molecular weight is 308 g/mol. The summed E-state index contributed by atoms with van der Waals surface area (Å²) in [5.41, 5.74) is 7.75. The van der Waals surface area contributed by atoms with Crippen LogP contribution in [0.1, 0.15) is 29.8 Å². The molecule has 1 aliphatic rings. The quantitative estimate of drug-likeness (QED) is 0.834. The number of hydrogen-bond donors (Lipinski definition) is 2. The van der Waals surface area contributed by atoms with E-state index >= 15 is 0 Å². The van der Waals surface area contributed by atoms with Crippen molar-refractivity contribution in [1.82, 2.24) is 4.98 Å². The fourth-order valence-electron chi connectivity index (χ4n) is 2.74. The minimum atomic E-state index is -1.00. The van der Waals surface area contributed by atoms with Gasteiger partial charge < -0.3 is 15.7 Å². The minimum absolute atomic E-state index is 0. The number of aromatic carboxylic acids is 1. The van der Waals surface area contributed by atoms with Gasteiger partial charge in [0.1, 0.15) is 0 Å². The summed E-state index contributed by atoms with van der Waals surface area (Å²) in [5.74, 6) is -1.00. The van der Waals surface area contributed by atoms with E-state index in [0.29, 0.717) is 16.9 Å². The van der Waals surface area contributed by atoms with Crippen molar-refractivity contribution in [3.05, 3.63) is 30.0 Å². The lowest BCUT2D eigenvalue weighted by atomic mass is 10.1. The second-order valence-electron chi connectivity index (χ2n) is 5.13. The van der Waals surface area contributed by atoms with Crippen molar-refractivity contribution >= 4 is 40.7 Å². The number of pyridine rings is 1. The zero-order chi connectivity index (χ0) is 14.1. The number of nitrogen functional groups attached to an aromatic ring is 1. The molecule has 1 aromatic heterocycles. The molecular formula is C15H18ClN3O2. The van der Waals surface area contributed by atoms with Crippen LogP contribution in [0.3, 0.4) is 0 Å². The normalized spacial score (nSPS) is 14.8. The van der Waals surface area contributed by atoms with Crippen molar-refractivity contribution in [1.29, 1.82) is 0 Å². The van der Waals surface area contributed by atoms with Gasteiger partial charge in [0.05, 0.1) is 16.9 Å². The van der Waals surface area contributed by atoms with Crippen LogP contribution in [0.4, 0.5) is 11.4 Å². The summed E-state index contributed by atoms with van der Waals surface area (Å²) in [6.07, 6.45) is 3.38. The number of piperidine rings is 1. The molecule has 2 aromatic rings. The number of rotatable bonds is 2. The van der Waals surface area contributed by atoms with Crippen molar-refractivity contribution in [3.63, 3.8) is 0 Å². The third-order valence-corrected chi connectivity index (χ3v) is 3.76. The molecule has 0 unspecified atom stereocenters. The van der Waals surface area contributed by atoms with Gasteiger partial charge in [-0.3, -0.25) is 0 Å². The monoisotopic (exact) mass is 307 g/mol. The Morgan fingerprint density at radius 3 is 2.62 bits per heavy atom. The van der Waals surface area contributed by atoms with Crippen LogP contribution in [-0.4, -0.2) is 29.1 Å². The van der Waals surface area contributed by atoms with Gasteiger partial charge in [0, 0.05) is 18.5 Å². The predicted octanol–water partition coefficient (Wildman–Crippen LogP) is 2.93. The smallest absolute Gasteiger partial charge is 0.356 e. The van der Waals surface area contributed by atoms with E-state index in [1.165, 1.54) is 6.42 Å². The van der Waals surface area contributed by atoms with E-state index in [9.17, 15) is 9.90 Å². The molecule has 112 valence electrons. The van der Waals surface area contributed by atoms with Crippen LogP contribution in [0.2, 0.25) is 0 Å². The molecule has 0 saturated carbocycles. The summed E-state index contributed by atoms with van der Waals surface area (Å²) in [7, 11) is 0. The number of nitrogens with two attached hydrogens (primary N) is 1. The van der Waals surface area contributed by atoms with Crippen LogP contribution in [0.25, 0.3) is 10.9 Å². The van der Waals surface area contributed by atoms with Gasteiger partial charge in [0.15, 0.2) is 5.69 Å². The first-order valence-corrected chi connectivity index (χ1v) is 6.84. The second-order valence-corrected chi connectivity index (χ2v) is 5.13. The van der Waals surface area contributed by atoms with Crippen LogP contribution >= 0.6 is 12.4 Å². The standard InChI is InChI=1S/C15H17N3O2.ClH/c16-11-6-4-5-10-9-12(18-7-2-1-3-8-18)14(15(19)20)17-13(10)11;/h4-6,9H,1-3,7-8,16H2,(H,19,20);1H. The highest BCUT2D eigenvalue weighted by atomic mass is 35.5. The Morgan fingerprint density at radius 1 is 1.24 bits per heavy atom. The second kappa shape index (κ2) is 6.18. The van der Waals surface area contributed by atoms with Crippen molar-refractivity contribution in [3.8, 4) is 0 Å². The van der Waals surface area contributed by atoms with E-state index in [2.05, 4.69) is 9.88 Å². The van der Waals surface area contributed by atoms with Gasteiger partial charge in [-0.2, -0.15) is 0 Å². The first-order valence-electron chi connectivity index (χ1n) is 6.84. The Labute approximate surface area is 129 Å². The molecule has 5 nitrogen and oxygen atoms in total. The highest BCUT2D eigenvalue weighted by Crippen LogP contribution is 2.29. The lowest BCUT2D eigenvalue weighted by molar-refractivity contribution is 0.0691. The lowest BCUT2D eigenvalue weighted by Crippen LogP contribution is -2.31. The number of anilines is 2. The Hall–Kier alpha value is -2.01. The SMILES string of the molecule is Cl.Nc1cccc2cc(N3CCCCC3)c(C(=O)O)nc12. The van der Waals surface area contributed by atoms with Crippen LogP contribution in [-0.2, 0) is 0 Å². The Morgan fingerprint density at radius 2 is 1.95 bits per heavy atom. The Kier molecular flexibility index (Phi) is 4.53. The number of para-hydroxylation sites is 1. The fourth-order valence-corrected chi connectivity index (χ4v) is 2.74. The molecule has 0 aliphatic carbocycles. The number of aromatic nitrogens is 1. The van der Waals surface area contributed by atoms with Gasteiger partial charge in [0.25, 0.3) is 0 Å². The molecule has 6 heteroatoms. The van der Waals surface area contributed by atoms with Gasteiger partial charge in [-0.1, -0.05) is 12.1 Å². The Balaban J connectivity index is 0.00000161. The molecule has 1 aliphatic heterocycles. The van der Waals surface area contributed by atoms with Crippen LogP contribution < -0.4 is 10.6 Å². The molecule has 1 aromatic carbocycles. The van der Waals surface area contributed by atoms with E-state index in [4.69, 9.17) is 5.73 Å². The molecule has 21 heavy (non-hydrogen) atoms. The number of carboxylic acids is 1. The van der Waals surface area contributed by atoms with Gasteiger partial charge in [-0.15, -0.1) is 12.4 Å². The molecule has 0 atom stereocenters. The summed E-state index contributed by atoms with van der Waals surface area (Å²) in [6, 6.07) is 7.41. The van der Waals surface area contributed by atoms with Crippen LogP contribution in [0, 0.1) is 0 Å². The molecule has 2 heterocycles. The van der Waals surface area contributed by atoms with Gasteiger partial charge in [-0.25, -0.2) is 9.78 Å². The number of carbonyl (C=O) groups is 1. The van der Waals surface area contributed by atoms with Crippen LogP contribution in [0.5, 0.6) is 0 Å². The fraction of sp³-hybridized carbons (Fsp3) is 0.333. The van der Waals surface area contributed by atoms with Gasteiger partial charge in [-0.05, 0) is 31.4 Å². The van der Waals surface area contributed by atoms with E-state index in [-0.39, 0.29) is 18.1 Å². The summed E-state index contributed by atoms with van der Waals surface area (Å²) in [5, 5.41) is 10.3. The van der Waals surface area contributed by atoms with Crippen LogP contribution in [0.15, 0.2) is 24.3 Å². The summed E-state index contributed by atoms with van der Waals surface area (Å²) in [6.45, 7) is 1.77. The third kappa shape index (κ3) is 2.88. The highest BCUT2D eigenvalue weighted by molar-refractivity contribution is 5.99. The molecule has 1 saturated heterocycles. The number of nitrogens with zero attached hydrogens (tertiary/aromatic N) is 2. The first-order chi connectivity index (χ1) is 9.66. The number of hydrogen-bond acceptors (Lipinski definition) is 4. The average Bonchev–Trinajstić information content (AvgIpc) is 2.47. The molecule has 0 radical (unpaired) electrons. The number of carboxylic acid groups (broad SMARTS) is 1. The summed E-state index contributed by atoms with van der Waals surface area (Å²) < 4.78 is 0. The van der Waals surface area contributed by atoms with E-state index in [0.717, 1.165) is 31.3 Å². The lowest BCUT2D eigenvalue weighted by Gasteiger charge is -2.29. The van der Waals surface area contributed by atoms with E-state index in [1.807, 2.05) is 18.2 Å². The van der Waals surface area contributed by atoms with E-state index < -0.39 is 5.97 Å². The maximum atomic E-state index is 11.5. The molecule has 3 N–H and O–H groups in total. The first kappa shape index (κ1) is 15.4.